The molecular weight excluding hydrogens is 327 g/mol. The summed E-state index contributed by atoms with van der Waals surface area (Å²) in [5.74, 6) is 0.303. The summed E-state index contributed by atoms with van der Waals surface area (Å²) in [6.45, 7) is 3.92. The zero-order valence-electron chi connectivity index (χ0n) is 14.6. The molecular formula is C21H19FN4. The van der Waals surface area contributed by atoms with Gasteiger partial charge >= 0.3 is 0 Å². The molecule has 0 aliphatic carbocycles. The van der Waals surface area contributed by atoms with Gasteiger partial charge in [-0.1, -0.05) is 30.3 Å². The number of aryl methyl sites for hydroxylation is 1. The molecule has 5 heteroatoms. The zero-order valence-corrected chi connectivity index (χ0v) is 14.6. The van der Waals surface area contributed by atoms with Crippen molar-refractivity contribution < 1.29 is 4.39 Å². The van der Waals surface area contributed by atoms with Crippen molar-refractivity contribution in [1.82, 2.24) is 14.3 Å². The summed E-state index contributed by atoms with van der Waals surface area (Å²) in [6, 6.07) is 20.4. The maximum absolute atomic E-state index is 14.3. The molecule has 130 valence electrons. The molecule has 26 heavy (non-hydrogen) atoms. The number of halogens is 1. The Morgan fingerprint density at radius 2 is 1.62 bits per heavy atom. The summed E-state index contributed by atoms with van der Waals surface area (Å²) in [6.07, 6.45) is 0. The van der Waals surface area contributed by atoms with Crippen LogP contribution in [0.25, 0.3) is 22.6 Å². The summed E-state index contributed by atoms with van der Waals surface area (Å²) in [7, 11) is 0. The van der Waals surface area contributed by atoms with Crippen LogP contribution in [0, 0.1) is 19.7 Å². The number of hydrogen-bond acceptors (Lipinski definition) is 2. The molecule has 0 aliphatic heterocycles. The molecule has 0 atom stereocenters. The summed E-state index contributed by atoms with van der Waals surface area (Å²) < 4.78 is 17.9. The molecule has 0 spiro atoms. The molecule has 0 aliphatic rings. The fraction of sp³-hybridized carbons (Fsp3) is 0.0952. The lowest BCUT2D eigenvalue weighted by atomic mass is 10.2. The molecule has 4 rings (SSSR count). The smallest absolute Gasteiger partial charge is 0.147 e. The van der Waals surface area contributed by atoms with E-state index in [1.54, 1.807) is 16.8 Å². The van der Waals surface area contributed by atoms with E-state index in [2.05, 4.69) is 5.10 Å². The van der Waals surface area contributed by atoms with E-state index >= 15 is 0 Å². The predicted molar refractivity (Wildman–Crippen MR) is 102 cm³/mol. The van der Waals surface area contributed by atoms with Crippen LogP contribution in [0.3, 0.4) is 0 Å². The summed E-state index contributed by atoms with van der Waals surface area (Å²) in [5.41, 5.74) is 11.2. The second-order valence-electron chi connectivity index (χ2n) is 6.27. The van der Waals surface area contributed by atoms with Crippen molar-refractivity contribution in [3.8, 4) is 22.6 Å². The highest BCUT2D eigenvalue weighted by Crippen LogP contribution is 2.31. The molecule has 4 aromatic rings. The Balaban J connectivity index is 1.84. The SMILES string of the molecule is Cc1cc(-c2cc(N)n(-c3ccccc3)n2)c(C)n1-c1ccccc1F. The Bertz CT molecular complexity index is 1080. The first kappa shape index (κ1) is 16.1. The van der Waals surface area contributed by atoms with E-state index in [-0.39, 0.29) is 5.82 Å². The third-order valence-corrected chi connectivity index (χ3v) is 4.54. The molecule has 0 fully saturated rings. The summed E-state index contributed by atoms with van der Waals surface area (Å²) in [4.78, 5) is 0. The van der Waals surface area contributed by atoms with Crippen LogP contribution in [0.5, 0.6) is 0 Å². The highest BCUT2D eigenvalue weighted by atomic mass is 19.1. The number of nitrogens with zero attached hydrogens (tertiary/aromatic N) is 3. The third-order valence-electron chi connectivity index (χ3n) is 4.54. The second kappa shape index (κ2) is 6.19. The Hall–Kier alpha value is -3.34. The first-order chi connectivity index (χ1) is 12.6. The molecule has 0 saturated carbocycles. The first-order valence-corrected chi connectivity index (χ1v) is 8.41. The minimum Gasteiger partial charge on any atom is -0.384 e. The van der Waals surface area contributed by atoms with Crippen LogP contribution < -0.4 is 5.73 Å². The lowest BCUT2D eigenvalue weighted by molar-refractivity contribution is 0.616. The van der Waals surface area contributed by atoms with Crippen molar-refractivity contribution in [2.75, 3.05) is 5.73 Å². The molecule has 0 unspecified atom stereocenters. The molecule has 2 aromatic carbocycles. The van der Waals surface area contributed by atoms with Gasteiger partial charge in [0.2, 0.25) is 0 Å². The third kappa shape index (κ3) is 2.58. The van der Waals surface area contributed by atoms with Gasteiger partial charge in [0.05, 0.1) is 17.1 Å². The fourth-order valence-electron chi connectivity index (χ4n) is 3.33. The van der Waals surface area contributed by atoms with E-state index in [1.807, 2.05) is 66.9 Å². The van der Waals surface area contributed by atoms with Crippen molar-refractivity contribution in [1.29, 1.82) is 0 Å². The summed E-state index contributed by atoms with van der Waals surface area (Å²) in [5, 5.41) is 4.67. The molecule has 0 radical (unpaired) electrons. The van der Waals surface area contributed by atoms with Gasteiger partial charge in [-0.25, -0.2) is 9.07 Å². The monoisotopic (exact) mass is 346 g/mol. The van der Waals surface area contributed by atoms with Crippen LogP contribution in [0.2, 0.25) is 0 Å². The molecule has 2 heterocycles. The van der Waals surface area contributed by atoms with Crippen molar-refractivity contribution in [2.45, 2.75) is 13.8 Å². The van der Waals surface area contributed by atoms with Crippen LogP contribution in [0.15, 0.2) is 66.7 Å². The largest absolute Gasteiger partial charge is 0.384 e. The van der Waals surface area contributed by atoms with E-state index < -0.39 is 0 Å². The van der Waals surface area contributed by atoms with Crippen LogP contribution >= 0.6 is 0 Å². The van der Waals surface area contributed by atoms with Crippen LogP contribution in [-0.2, 0) is 0 Å². The van der Waals surface area contributed by atoms with E-state index in [4.69, 9.17) is 5.73 Å². The first-order valence-electron chi connectivity index (χ1n) is 8.41. The molecule has 0 bridgehead atoms. The zero-order chi connectivity index (χ0) is 18.3. The number of aromatic nitrogens is 3. The lowest BCUT2D eigenvalue weighted by Gasteiger charge is -2.10. The normalized spacial score (nSPS) is 11.0. The van der Waals surface area contributed by atoms with Gasteiger partial charge in [-0.3, -0.25) is 0 Å². The van der Waals surface area contributed by atoms with Crippen LogP contribution in [0.4, 0.5) is 10.2 Å². The van der Waals surface area contributed by atoms with Gasteiger partial charge in [0.1, 0.15) is 11.6 Å². The van der Waals surface area contributed by atoms with Crippen LogP contribution in [-0.4, -0.2) is 14.3 Å². The Morgan fingerprint density at radius 1 is 0.923 bits per heavy atom. The fourth-order valence-corrected chi connectivity index (χ4v) is 3.33. The van der Waals surface area contributed by atoms with E-state index in [1.165, 1.54) is 6.07 Å². The average molecular weight is 346 g/mol. The van der Waals surface area contributed by atoms with Gasteiger partial charge in [0.15, 0.2) is 0 Å². The number of nitrogen functional groups attached to an aromatic ring is 1. The Labute approximate surface area is 151 Å². The lowest BCUT2D eigenvalue weighted by Crippen LogP contribution is -2.02. The maximum atomic E-state index is 14.3. The van der Waals surface area contributed by atoms with E-state index in [0.29, 0.717) is 11.5 Å². The minimum absolute atomic E-state index is 0.254. The second-order valence-corrected chi connectivity index (χ2v) is 6.27. The van der Waals surface area contributed by atoms with E-state index in [0.717, 1.165) is 28.3 Å². The number of para-hydroxylation sites is 2. The van der Waals surface area contributed by atoms with Gasteiger partial charge in [-0.15, -0.1) is 0 Å². The Morgan fingerprint density at radius 3 is 2.35 bits per heavy atom. The van der Waals surface area contributed by atoms with Gasteiger partial charge in [0.25, 0.3) is 0 Å². The number of hydrogen-bond donors (Lipinski definition) is 1. The van der Waals surface area contributed by atoms with Gasteiger partial charge in [-0.05, 0) is 44.2 Å². The van der Waals surface area contributed by atoms with E-state index in [9.17, 15) is 4.39 Å². The van der Waals surface area contributed by atoms with Crippen molar-refractivity contribution >= 4 is 5.82 Å². The Kier molecular flexibility index (Phi) is 3.84. The van der Waals surface area contributed by atoms with Crippen molar-refractivity contribution in [3.05, 3.63) is 83.9 Å². The van der Waals surface area contributed by atoms with Gasteiger partial charge in [-0.2, -0.15) is 5.10 Å². The highest BCUT2D eigenvalue weighted by molar-refractivity contribution is 5.68. The molecule has 0 amide bonds. The predicted octanol–water partition coefficient (Wildman–Crippen LogP) is 4.67. The molecule has 0 saturated heterocycles. The molecule has 2 aromatic heterocycles. The maximum Gasteiger partial charge on any atom is 0.147 e. The standard InChI is InChI=1S/C21H19FN4/c1-14-12-17(15(2)25(14)20-11-7-6-10-18(20)22)19-13-21(23)26(24-19)16-8-4-3-5-9-16/h3-13H,23H2,1-2H3. The quantitative estimate of drug-likeness (QED) is 0.586. The number of benzene rings is 2. The van der Waals surface area contributed by atoms with Crippen molar-refractivity contribution in [2.24, 2.45) is 0 Å². The number of nitrogens with two attached hydrogens (primary N) is 1. The van der Waals surface area contributed by atoms with Crippen molar-refractivity contribution in [3.63, 3.8) is 0 Å². The minimum atomic E-state index is -0.254. The molecule has 2 N–H and O–H groups in total. The highest BCUT2D eigenvalue weighted by Gasteiger charge is 2.17. The molecule has 4 nitrogen and oxygen atoms in total. The topological polar surface area (TPSA) is 48.8 Å². The van der Waals surface area contributed by atoms with Gasteiger partial charge < -0.3 is 10.3 Å². The van der Waals surface area contributed by atoms with Crippen LogP contribution in [0.1, 0.15) is 11.4 Å². The van der Waals surface area contributed by atoms with Gasteiger partial charge in [0, 0.05) is 23.0 Å². The average Bonchev–Trinajstić information content (AvgIpc) is 3.16. The number of rotatable bonds is 3. The number of anilines is 1. The summed E-state index contributed by atoms with van der Waals surface area (Å²) >= 11 is 0.